The number of ether oxygens (including phenoxy) is 4. The summed E-state index contributed by atoms with van der Waals surface area (Å²) in [4.78, 5) is 24.4. The number of nitrogens with one attached hydrogen (secondary N) is 1. The molecule has 2 aromatic rings. The topological polar surface area (TPSA) is 83.1 Å². The number of rotatable bonds is 7. The fourth-order valence-corrected chi connectivity index (χ4v) is 2.61. The van der Waals surface area contributed by atoms with Gasteiger partial charge in [0.2, 0.25) is 5.75 Å². The Kier molecular flexibility index (Phi) is 7.15. The van der Waals surface area contributed by atoms with Gasteiger partial charge in [-0.3, -0.25) is 4.79 Å². The van der Waals surface area contributed by atoms with E-state index in [1.807, 2.05) is 0 Å². The lowest BCUT2D eigenvalue weighted by atomic mass is 10.1. The van der Waals surface area contributed by atoms with Crippen LogP contribution in [0, 0.1) is 0 Å². The predicted molar refractivity (Wildman–Crippen MR) is 101 cm³/mol. The summed E-state index contributed by atoms with van der Waals surface area (Å²) in [5.74, 6) is -0.573. The molecule has 9 heteroatoms. The van der Waals surface area contributed by atoms with E-state index in [1.165, 1.54) is 33.5 Å². The van der Waals surface area contributed by atoms with Crippen molar-refractivity contribution < 1.29 is 28.5 Å². The molecular weight excluding hydrogens is 397 g/mol. The minimum atomic E-state index is -0.764. The van der Waals surface area contributed by atoms with E-state index in [1.54, 1.807) is 18.2 Å². The lowest BCUT2D eigenvalue weighted by molar-refractivity contribution is -0.119. The zero-order valence-corrected chi connectivity index (χ0v) is 16.3. The highest BCUT2D eigenvalue weighted by atomic mass is 35.5. The van der Waals surface area contributed by atoms with Gasteiger partial charge in [0.1, 0.15) is 5.56 Å². The van der Waals surface area contributed by atoms with E-state index in [0.717, 1.165) is 0 Å². The van der Waals surface area contributed by atoms with Crippen LogP contribution in [0.25, 0.3) is 0 Å². The Labute approximate surface area is 166 Å². The SMILES string of the molecule is COc1ccc(C(=O)OCC(=O)Nc2cccc(Cl)c2Cl)c(OC)c1OC. The minimum absolute atomic E-state index is 0.0868. The van der Waals surface area contributed by atoms with Crippen molar-refractivity contribution in [1.82, 2.24) is 0 Å². The third kappa shape index (κ3) is 4.75. The molecule has 1 N–H and O–H groups in total. The lowest BCUT2D eigenvalue weighted by Gasteiger charge is -2.15. The van der Waals surface area contributed by atoms with Gasteiger partial charge in [0.15, 0.2) is 18.1 Å². The van der Waals surface area contributed by atoms with Crippen LogP contribution in [0.2, 0.25) is 10.0 Å². The number of benzene rings is 2. The Hall–Kier alpha value is -2.64. The Morgan fingerprint density at radius 2 is 1.67 bits per heavy atom. The molecule has 0 radical (unpaired) electrons. The van der Waals surface area contributed by atoms with Crippen molar-refractivity contribution >= 4 is 40.8 Å². The van der Waals surface area contributed by atoms with E-state index in [9.17, 15) is 9.59 Å². The lowest BCUT2D eigenvalue weighted by Crippen LogP contribution is -2.21. The van der Waals surface area contributed by atoms with Gasteiger partial charge >= 0.3 is 5.97 Å². The van der Waals surface area contributed by atoms with Crippen LogP contribution in [-0.2, 0) is 9.53 Å². The largest absolute Gasteiger partial charge is 0.493 e. The van der Waals surface area contributed by atoms with Crippen LogP contribution >= 0.6 is 23.2 Å². The first-order chi connectivity index (χ1) is 12.9. The predicted octanol–water partition coefficient (Wildman–Crippen LogP) is 3.81. The van der Waals surface area contributed by atoms with Crippen molar-refractivity contribution in [1.29, 1.82) is 0 Å². The van der Waals surface area contributed by atoms with Gasteiger partial charge in [0.05, 0.1) is 37.1 Å². The van der Waals surface area contributed by atoms with Crippen molar-refractivity contribution in [2.45, 2.75) is 0 Å². The second kappa shape index (κ2) is 9.34. The highest BCUT2D eigenvalue weighted by Crippen LogP contribution is 2.40. The second-order valence-electron chi connectivity index (χ2n) is 5.11. The highest BCUT2D eigenvalue weighted by Gasteiger charge is 2.22. The van der Waals surface area contributed by atoms with Crippen molar-refractivity contribution in [3.8, 4) is 17.2 Å². The molecule has 27 heavy (non-hydrogen) atoms. The molecule has 1 amide bonds. The van der Waals surface area contributed by atoms with Crippen LogP contribution < -0.4 is 19.5 Å². The summed E-state index contributed by atoms with van der Waals surface area (Å²) >= 11 is 11.9. The van der Waals surface area contributed by atoms with Gasteiger partial charge in [0, 0.05) is 0 Å². The quantitative estimate of drug-likeness (QED) is 0.694. The summed E-state index contributed by atoms with van der Waals surface area (Å²) in [6, 6.07) is 7.77. The van der Waals surface area contributed by atoms with Gasteiger partial charge in [0.25, 0.3) is 5.91 Å². The summed E-state index contributed by atoms with van der Waals surface area (Å²) in [7, 11) is 4.25. The number of halogens is 2. The molecule has 0 aliphatic heterocycles. The van der Waals surface area contributed by atoms with E-state index in [0.29, 0.717) is 16.5 Å². The van der Waals surface area contributed by atoms with Crippen LogP contribution in [0.15, 0.2) is 30.3 Å². The smallest absolute Gasteiger partial charge is 0.342 e. The van der Waals surface area contributed by atoms with Crippen LogP contribution in [0.3, 0.4) is 0 Å². The zero-order valence-electron chi connectivity index (χ0n) is 14.8. The molecule has 0 heterocycles. The molecule has 0 atom stereocenters. The molecule has 144 valence electrons. The average molecular weight is 414 g/mol. The Balaban J connectivity index is 2.09. The summed E-state index contributed by atoms with van der Waals surface area (Å²) in [5, 5.41) is 3.01. The summed E-state index contributed by atoms with van der Waals surface area (Å²) < 4.78 is 20.6. The zero-order chi connectivity index (χ0) is 20.0. The fourth-order valence-electron chi connectivity index (χ4n) is 2.26. The van der Waals surface area contributed by atoms with Gasteiger partial charge < -0.3 is 24.3 Å². The molecule has 0 saturated carbocycles. The maximum atomic E-state index is 12.3. The molecule has 0 bridgehead atoms. The maximum Gasteiger partial charge on any atom is 0.342 e. The number of carbonyl (C=O) groups excluding carboxylic acids is 2. The van der Waals surface area contributed by atoms with E-state index >= 15 is 0 Å². The number of methoxy groups -OCH3 is 3. The summed E-state index contributed by atoms with van der Waals surface area (Å²) in [6.45, 7) is -0.529. The Bertz CT molecular complexity index is 856. The number of amides is 1. The van der Waals surface area contributed by atoms with Crippen LogP contribution in [-0.4, -0.2) is 39.8 Å². The molecule has 0 aliphatic carbocycles. The fraction of sp³-hybridized carbons (Fsp3) is 0.222. The van der Waals surface area contributed by atoms with Gasteiger partial charge in [-0.2, -0.15) is 0 Å². The van der Waals surface area contributed by atoms with Crippen molar-refractivity contribution in [2.24, 2.45) is 0 Å². The number of carbonyl (C=O) groups is 2. The van der Waals surface area contributed by atoms with Crippen molar-refractivity contribution in [3.63, 3.8) is 0 Å². The van der Waals surface area contributed by atoms with Gasteiger partial charge in [-0.1, -0.05) is 29.3 Å². The molecule has 0 unspecified atom stereocenters. The standard InChI is InChI=1S/C18H17Cl2NO6/c1-24-13-8-7-10(16(25-2)17(13)26-3)18(23)27-9-14(22)21-12-6-4-5-11(19)15(12)20/h4-8H,9H2,1-3H3,(H,21,22). The van der Waals surface area contributed by atoms with Crippen LogP contribution in [0.5, 0.6) is 17.2 Å². The molecule has 0 aliphatic rings. The molecule has 2 rings (SSSR count). The third-order valence-corrected chi connectivity index (χ3v) is 4.30. The number of anilines is 1. The first-order valence-electron chi connectivity index (χ1n) is 7.62. The Morgan fingerprint density at radius 1 is 0.963 bits per heavy atom. The van der Waals surface area contributed by atoms with Crippen LogP contribution in [0.1, 0.15) is 10.4 Å². The normalized spacial score (nSPS) is 10.1. The van der Waals surface area contributed by atoms with Crippen LogP contribution in [0.4, 0.5) is 5.69 Å². The van der Waals surface area contributed by atoms with Crippen molar-refractivity contribution in [3.05, 3.63) is 45.9 Å². The van der Waals surface area contributed by atoms with Gasteiger partial charge in [-0.05, 0) is 24.3 Å². The molecule has 0 aromatic heterocycles. The van der Waals surface area contributed by atoms with Gasteiger partial charge in [-0.25, -0.2) is 4.79 Å². The molecular formula is C18H17Cl2NO6. The third-order valence-electron chi connectivity index (χ3n) is 3.48. The van der Waals surface area contributed by atoms with Gasteiger partial charge in [-0.15, -0.1) is 0 Å². The van der Waals surface area contributed by atoms with E-state index < -0.39 is 18.5 Å². The molecule has 7 nitrogen and oxygen atoms in total. The summed E-state index contributed by atoms with van der Waals surface area (Å²) in [6.07, 6.45) is 0. The highest BCUT2D eigenvalue weighted by molar-refractivity contribution is 6.44. The molecule has 0 saturated heterocycles. The van der Waals surface area contributed by atoms with Crippen molar-refractivity contribution in [2.75, 3.05) is 33.3 Å². The molecule has 2 aromatic carbocycles. The maximum absolute atomic E-state index is 12.3. The Morgan fingerprint density at radius 3 is 2.30 bits per heavy atom. The molecule has 0 spiro atoms. The first-order valence-corrected chi connectivity index (χ1v) is 8.38. The van der Waals surface area contributed by atoms with E-state index in [2.05, 4.69) is 5.32 Å². The minimum Gasteiger partial charge on any atom is -0.493 e. The number of hydrogen-bond donors (Lipinski definition) is 1. The number of hydrogen-bond acceptors (Lipinski definition) is 6. The molecule has 0 fully saturated rings. The van der Waals surface area contributed by atoms with E-state index in [-0.39, 0.29) is 22.1 Å². The first kappa shape index (κ1) is 20.7. The second-order valence-corrected chi connectivity index (χ2v) is 5.89. The summed E-state index contributed by atoms with van der Waals surface area (Å²) in [5.41, 5.74) is 0.401. The number of esters is 1. The monoisotopic (exact) mass is 413 g/mol. The average Bonchev–Trinajstić information content (AvgIpc) is 2.68. The van der Waals surface area contributed by atoms with E-state index in [4.69, 9.17) is 42.1 Å².